The third kappa shape index (κ3) is 9.98. The zero-order valence-electron chi connectivity index (χ0n) is 27.0. The maximum atomic E-state index is 13.8. The molecule has 11 nitrogen and oxygen atoms in total. The number of amides is 2. The molecule has 0 heterocycles. The fourth-order valence-electron chi connectivity index (χ4n) is 4.46. The number of benzene rings is 2. The Labute approximate surface area is 268 Å². The Hall–Kier alpha value is -3.06. The molecule has 0 spiro atoms. The minimum absolute atomic E-state index is 0. The monoisotopic (exact) mass is 655 g/mol. The summed E-state index contributed by atoms with van der Waals surface area (Å²) in [5.74, 6) is -0.772. The van der Waals surface area contributed by atoms with Gasteiger partial charge in [-0.25, -0.2) is 8.42 Å². The van der Waals surface area contributed by atoms with Crippen LogP contribution >= 0.6 is 12.4 Å². The number of ether oxygens (including phenoxy) is 1. The molecule has 0 aliphatic heterocycles. The van der Waals surface area contributed by atoms with Crippen molar-refractivity contribution in [2.24, 2.45) is 23.5 Å². The van der Waals surface area contributed by atoms with Crippen molar-refractivity contribution in [2.75, 3.05) is 31.6 Å². The topological polar surface area (TPSA) is 154 Å². The highest BCUT2D eigenvalue weighted by molar-refractivity contribution is 7.92. The Morgan fingerprint density at radius 2 is 1.64 bits per heavy atom. The van der Waals surface area contributed by atoms with Gasteiger partial charge in [0, 0.05) is 13.1 Å². The van der Waals surface area contributed by atoms with Crippen molar-refractivity contribution in [1.82, 2.24) is 15.8 Å². The number of anilines is 1. The maximum absolute atomic E-state index is 13.8. The van der Waals surface area contributed by atoms with Gasteiger partial charge < -0.3 is 20.9 Å². The molecule has 0 saturated heterocycles. The number of carbonyl (C=O) groups is 2. The number of nitrogens with one attached hydrogen (secondary N) is 2. The molecule has 2 rings (SSSR count). The summed E-state index contributed by atoms with van der Waals surface area (Å²) in [6, 6.07) is 9.77. The highest BCUT2D eigenvalue weighted by Crippen LogP contribution is 2.36. The van der Waals surface area contributed by atoms with Crippen LogP contribution in [0.25, 0.3) is 0 Å². The lowest BCUT2D eigenvalue weighted by atomic mass is 9.97. The molecule has 2 unspecified atom stereocenters. The van der Waals surface area contributed by atoms with Crippen molar-refractivity contribution in [3.8, 4) is 11.5 Å². The Morgan fingerprint density at radius 1 is 1.02 bits per heavy atom. The lowest BCUT2D eigenvalue weighted by molar-refractivity contribution is -0.144. The SMILES string of the molecule is CC[C@H](C)[C@H](N)C(=O)N(CC(C)Cc1cccc(N(CC(C)C)S(=O)(=O)c2ccc(OC)cc2)c1O)NC(=O)C(C)NC.Cl. The van der Waals surface area contributed by atoms with Crippen molar-refractivity contribution in [2.45, 2.75) is 71.4 Å². The predicted octanol–water partition coefficient (Wildman–Crippen LogP) is 3.69. The molecule has 5 N–H and O–H groups in total. The van der Waals surface area contributed by atoms with Crippen LogP contribution in [-0.2, 0) is 26.0 Å². The first kappa shape index (κ1) is 39.0. The molecule has 0 bridgehead atoms. The van der Waals surface area contributed by atoms with Gasteiger partial charge in [-0.1, -0.05) is 53.2 Å². The van der Waals surface area contributed by atoms with Crippen LogP contribution in [0, 0.1) is 17.8 Å². The maximum Gasteiger partial charge on any atom is 0.264 e. The largest absolute Gasteiger partial charge is 0.505 e. The van der Waals surface area contributed by atoms with E-state index in [0.717, 1.165) is 0 Å². The van der Waals surface area contributed by atoms with Gasteiger partial charge in [-0.15, -0.1) is 12.4 Å². The standard InChI is InChI=1S/C31H49N5O6S.ClH/c1-9-22(5)28(32)31(39)35(34-30(38)23(6)33-7)19-21(4)17-24-11-10-12-27(29(24)37)36(18-20(2)3)43(40,41)26-15-13-25(42-8)14-16-26;/h10-16,20-23,28,33,37H,9,17-19,32H2,1-8H3,(H,34,38);1H/t21?,22-,23?,28-;/m0./s1. The normalized spacial score (nSPS) is 14.1. The van der Waals surface area contributed by atoms with Gasteiger partial charge in [0.15, 0.2) is 0 Å². The zero-order valence-corrected chi connectivity index (χ0v) is 28.7. The van der Waals surface area contributed by atoms with Gasteiger partial charge in [-0.2, -0.15) is 0 Å². The van der Waals surface area contributed by atoms with Gasteiger partial charge in [-0.05, 0) is 74.0 Å². The molecular formula is C31H50ClN5O6S. The first-order valence-electron chi connectivity index (χ1n) is 14.7. The van der Waals surface area contributed by atoms with E-state index < -0.39 is 28.0 Å². The van der Waals surface area contributed by atoms with Gasteiger partial charge in [0.1, 0.15) is 11.5 Å². The second-order valence-corrected chi connectivity index (χ2v) is 13.4. The number of likely N-dealkylation sites (N-methyl/N-ethyl adjacent to an activating group) is 1. The number of phenolic OH excluding ortho intramolecular Hbond substituents is 1. The lowest BCUT2D eigenvalue weighted by Gasteiger charge is -2.31. The molecule has 0 aliphatic carbocycles. The van der Waals surface area contributed by atoms with Crippen LogP contribution < -0.4 is 25.5 Å². The number of nitrogens with two attached hydrogens (primary N) is 1. The fourth-order valence-corrected chi connectivity index (χ4v) is 6.09. The molecule has 2 amide bonds. The molecule has 2 aromatic carbocycles. The van der Waals surface area contributed by atoms with E-state index in [1.54, 1.807) is 44.3 Å². The van der Waals surface area contributed by atoms with Crippen LogP contribution in [0.4, 0.5) is 5.69 Å². The molecule has 0 radical (unpaired) electrons. The summed E-state index contributed by atoms with van der Waals surface area (Å²) in [5.41, 5.74) is 9.61. The molecule has 2 aromatic rings. The molecule has 0 aliphatic rings. The highest BCUT2D eigenvalue weighted by atomic mass is 35.5. The van der Waals surface area contributed by atoms with Gasteiger partial charge in [0.05, 0.1) is 29.8 Å². The number of aromatic hydroxyl groups is 1. The Balaban J connectivity index is 0.00000968. The van der Waals surface area contributed by atoms with Crippen LogP contribution in [0.1, 0.15) is 53.5 Å². The summed E-state index contributed by atoms with van der Waals surface area (Å²) in [7, 11) is -0.864. The van der Waals surface area contributed by atoms with Gasteiger partial charge in [0.2, 0.25) is 0 Å². The van der Waals surface area contributed by atoms with Gasteiger partial charge >= 0.3 is 0 Å². The molecule has 0 saturated carbocycles. The molecule has 4 atom stereocenters. The Morgan fingerprint density at radius 3 is 2.16 bits per heavy atom. The number of hydrogen-bond acceptors (Lipinski definition) is 8. The summed E-state index contributed by atoms with van der Waals surface area (Å²) in [5, 5.41) is 15.5. The Bertz CT molecular complexity index is 1330. The van der Waals surface area contributed by atoms with Crippen molar-refractivity contribution < 1.29 is 27.9 Å². The number of carbonyl (C=O) groups excluding carboxylic acids is 2. The molecule has 248 valence electrons. The second-order valence-electron chi connectivity index (χ2n) is 11.5. The number of para-hydroxylation sites is 1. The first-order chi connectivity index (χ1) is 20.2. The van der Waals surface area contributed by atoms with E-state index in [4.69, 9.17) is 10.5 Å². The first-order valence-corrected chi connectivity index (χ1v) is 16.1. The summed E-state index contributed by atoms with van der Waals surface area (Å²) >= 11 is 0. The van der Waals surface area contributed by atoms with E-state index in [0.29, 0.717) is 24.2 Å². The third-order valence-electron chi connectivity index (χ3n) is 7.49. The van der Waals surface area contributed by atoms with Crippen molar-refractivity contribution in [3.05, 3.63) is 48.0 Å². The number of hydrazine groups is 1. The average molecular weight is 656 g/mol. The van der Waals surface area contributed by atoms with Crippen LogP contribution in [0.3, 0.4) is 0 Å². The number of phenols is 1. The summed E-state index contributed by atoms with van der Waals surface area (Å²) in [6.45, 7) is 11.5. The van der Waals surface area contributed by atoms with Gasteiger partial charge in [-0.3, -0.25) is 24.3 Å². The van der Waals surface area contributed by atoms with E-state index in [9.17, 15) is 23.1 Å². The van der Waals surface area contributed by atoms with Crippen LogP contribution in [0.15, 0.2) is 47.4 Å². The van der Waals surface area contributed by atoms with Crippen LogP contribution in [0.5, 0.6) is 11.5 Å². The van der Waals surface area contributed by atoms with Crippen molar-refractivity contribution >= 4 is 39.9 Å². The quantitative estimate of drug-likeness (QED) is 0.212. The fraction of sp³-hybridized carbons (Fsp3) is 0.548. The minimum atomic E-state index is -4.02. The number of nitrogens with zero attached hydrogens (tertiary/aromatic N) is 2. The molecule has 44 heavy (non-hydrogen) atoms. The van der Waals surface area contributed by atoms with E-state index in [2.05, 4.69) is 10.7 Å². The van der Waals surface area contributed by atoms with E-state index in [-0.39, 0.29) is 65.5 Å². The smallest absolute Gasteiger partial charge is 0.264 e. The second kappa shape index (κ2) is 17.4. The van der Waals surface area contributed by atoms with Crippen LogP contribution in [-0.4, -0.2) is 69.7 Å². The molecule has 0 aromatic heterocycles. The number of halogens is 1. The number of sulfonamides is 1. The summed E-state index contributed by atoms with van der Waals surface area (Å²) in [6.07, 6.45) is 1.00. The summed E-state index contributed by atoms with van der Waals surface area (Å²) < 4.78 is 33.9. The predicted molar refractivity (Wildman–Crippen MR) is 176 cm³/mol. The zero-order chi connectivity index (χ0) is 32.5. The minimum Gasteiger partial charge on any atom is -0.505 e. The molecule has 13 heteroatoms. The van der Waals surface area contributed by atoms with Crippen molar-refractivity contribution in [3.63, 3.8) is 0 Å². The van der Waals surface area contributed by atoms with Crippen LogP contribution in [0.2, 0.25) is 0 Å². The third-order valence-corrected chi connectivity index (χ3v) is 9.28. The Kier molecular flexibility index (Phi) is 15.4. The number of methoxy groups -OCH3 is 1. The molecular weight excluding hydrogens is 606 g/mol. The molecule has 0 fully saturated rings. The highest BCUT2D eigenvalue weighted by Gasteiger charge is 2.31. The lowest BCUT2D eigenvalue weighted by Crippen LogP contribution is -2.58. The summed E-state index contributed by atoms with van der Waals surface area (Å²) in [4.78, 5) is 26.1. The van der Waals surface area contributed by atoms with E-state index in [1.165, 1.54) is 28.6 Å². The number of rotatable bonds is 15. The van der Waals surface area contributed by atoms with Gasteiger partial charge in [0.25, 0.3) is 21.8 Å². The van der Waals surface area contributed by atoms with Crippen molar-refractivity contribution in [1.29, 1.82) is 0 Å². The van der Waals surface area contributed by atoms with E-state index in [1.807, 2.05) is 34.6 Å². The van der Waals surface area contributed by atoms with E-state index >= 15 is 0 Å². The number of hydrogen-bond donors (Lipinski definition) is 4. The average Bonchev–Trinajstić information content (AvgIpc) is 2.98.